The molecule has 0 radical (unpaired) electrons. The summed E-state index contributed by atoms with van der Waals surface area (Å²) in [7, 11) is 0. The Labute approximate surface area is 389 Å². The van der Waals surface area contributed by atoms with Gasteiger partial charge in [-0.25, -0.2) is 9.59 Å². The zero-order valence-electron chi connectivity index (χ0n) is 41.2. The van der Waals surface area contributed by atoms with Gasteiger partial charge in [-0.2, -0.15) is 0 Å². The van der Waals surface area contributed by atoms with Crippen molar-refractivity contribution in [3.8, 4) is 22.3 Å². The van der Waals surface area contributed by atoms with Crippen LogP contribution in [0.2, 0.25) is 0 Å². The van der Waals surface area contributed by atoms with Gasteiger partial charge in [0, 0.05) is 18.1 Å². The number of aliphatic carboxylic acids is 2. The second kappa shape index (κ2) is 26.3. The smallest absolute Gasteiger partial charge is 0.407 e. The number of quaternary nitrogens is 1. The number of carboxylic acids is 2. The number of carbonyl (C=O) groups excluding carboxylic acids is 3. The highest BCUT2D eigenvalue weighted by molar-refractivity contribution is 5.71. The Balaban J connectivity index is 0.000000376. The third-order valence-electron chi connectivity index (χ3n) is 10.5. The predicted molar refractivity (Wildman–Crippen MR) is 259 cm³/mol. The van der Waals surface area contributed by atoms with Crippen molar-refractivity contribution < 1.29 is 43.8 Å². The Morgan fingerprint density at radius 3 is 1.14 bits per heavy atom. The predicted octanol–water partition coefficient (Wildman–Crippen LogP) is 9.18. The molecule has 0 aromatic heterocycles. The lowest BCUT2D eigenvalue weighted by atomic mass is 9.95. The summed E-state index contributed by atoms with van der Waals surface area (Å²) >= 11 is 0. The van der Waals surface area contributed by atoms with Gasteiger partial charge in [-0.1, -0.05) is 123 Å². The molecule has 0 saturated heterocycles. The summed E-state index contributed by atoms with van der Waals surface area (Å²) < 4.78 is 10.6. The average molecular weight is 896 g/mol. The fourth-order valence-electron chi connectivity index (χ4n) is 7.19. The van der Waals surface area contributed by atoms with E-state index in [1.807, 2.05) is 97.1 Å². The molecule has 4 N–H and O–H groups in total. The van der Waals surface area contributed by atoms with E-state index in [1.165, 1.54) is 13.1 Å². The first-order valence-electron chi connectivity index (χ1n) is 22.9. The number of carbonyl (C=O) groups is 4. The van der Waals surface area contributed by atoms with Gasteiger partial charge < -0.3 is 40.0 Å². The molecule has 0 fully saturated rings. The van der Waals surface area contributed by atoms with E-state index in [0.29, 0.717) is 24.8 Å². The molecular weight excluding hydrogens is 819 g/mol. The Morgan fingerprint density at radius 2 is 0.877 bits per heavy atom. The van der Waals surface area contributed by atoms with Crippen LogP contribution in [0.15, 0.2) is 109 Å². The van der Waals surface area contributed by atoms with E-state index < -0.39 is 47.2 Å². The van der Waals surface area contributed by atoms with Crippen molar-refractivity contribution in [2.45, 2.75) is 145 Å². The molecule has 11 nitrogen and oxygen atoms in total. The number of carboxylic acid groups (broad SMARTS) is 2. The minimum absolute atomic E-state index is 0.266. The number of rotatable bonds is 16. The number of benzene rings is 4. The van der Waals surface area contributed by atoms with Gasteiger partial charge in [0.1, 0.15) is 11.2 Å². The normalized spacial score (nSPS) is 13.3. The summed E-state index contributed by atoms with van der Waals surface area (Å²) in [5.74, 6) is -3.25. The number of alkyl carbamates (subject to hydrolysis) is 2. The lowest BCUT2D eigenvalue weighted by Crippen LogP contribution is -3.18. The first-order chi connectivity index (χ1) is 30.3. The maximum Gasteiger partial charge on any atom is 0.407 e. The highest BCUT2D eigenvalue weighted by atomic mass is 16.6. The van der Waals surface area contributed by atoms with Gasteiger partial charge >= 0.3 is 18.2 Å². The van der Waals surface area contributed by atoms with Crippen LogP contribution in [-0.4, -0.2) is 71.1 Å². The first-order valence-corrected chi connectivity index (χ1v) is 22.9. The largest absolute Gasteiger partial charge is 0.550 e. The van der Waals surface area contributed by atoms with E-state index in [4.69, 9.17) is 9.47 Å². The minimum atomic E-state index is -1.13. The molecule has 0 bridgehead atoms. The van der Waals surface area contributed by atoms with Crippen molar-refractivity contribution in [3.63, 3.8) is 0 Å². The summed E-state index contributed by atoms with van der Waals surface area (Å²) in [6, 6.07) is 35.6. The average Bonchev–Trinajstić information content (AvgIpc) is 3.21. The van der Waals surface area contributed by atoms with E-state index in [9.17, 15) is 29.4 Å². The molecular formula is C54H77N3O8. The third kappa shape index (κ3) is 22.7. The Hall–Kier alpha value is -5.68. The minimum Gasteiger partial charge on any atom is -0.550 e. The van der Waals surface area contributed by atoms with E-state index in [-0.39, 0.29) is 18.5 Å². The van der Waals surface area contributed by atoms with Crippen LogP contribution in [0.25, 0.3) is 22.3 Å². The standard InChI is InChI=1S/2C23H29NO4.C8H19N/c2*1-16(21(25)26)14-20(24-22(27)28-23(2,3)4)15-17-10-12-19(13-11-17)18-8-6-5-7-9-18;1-6-9(7-2)8(3,4)5/h2*5-13,16,20H,14-15H2,1-4H3,(H,24,27)(H,25,26);6-7H2,1-5H3/t2*16-,20?;/m11./s1. The molecule has 4 aromatic carbocycles. The van der Waals surface area contributed by atoms with Crippen molar-refractivity contribution in [2.24, 2.45) is 11.8 Å². The molecule has 4 atom stereocenters. The number of ether oxygens (including phenoxy) is 2. The summed E-state index contributed by atoms with van der Waals surface area (Å²) in [5.41, 5.74) is 5.72. The lowest BCUT2D eigenvalue weighted by molar-refractivity contribution is -0.943. The van der Waals surface area contributed by atoms with Crippen LogP contribution in [-0.2, 0) is 31.9 Å². The topological polar surface area (TPSA) is 159 Å². The van der Waals surface area contributed by atoms with Crippen LogP contribution >= 0.6 is 0 Å². The molecule has 0 aliphatic rings. The van der Waals surface area contributed by atoms with Crippen molar-refractivity contribution in [2.75, 3.05) is 13.1 Å². The number of hydrogen-bond acceptors (Lipinski definition) is 7. The van der Waals surface area contributed by atoms with Crippen molar-refractivity contribution in [1.82, 2.24) is 10.6 Å². The van der Waals surface area contributed by atoms with Crippen LogP contribution in [0.3, 0.4) is 0 Å². The highest BCUT2D eigenvalue weighted by Crippen LogP contribution is 2.23. The summed E-state index contributed by atoms with van der Waals surface area (Å²) in [6.07, 6.45) is 0.550. The van der Waals surface area contributed by atoms with Crippen LogP contribution in [0.1, 0.15) is 114 Å². The molecule has 4 rings (SSSR count). The molecule has 0 heterocycles. The second-order valence-corrected chi connectivity index (χ2v) is 19.7. The third-order valence-corrected chi connectivity index (χ3v) is 10.5. The van der Waals surface area contributed by atoms with Crippen molar-refractivity contribution >= 4 is 24.1 Å². The lowest BCUT2D eigenvalue weighted by Gasteiger charge is -2.30. The van der Waals surface area contributed by atoms with E-state index in [2.05, 4.69) is 57.4 Å². The summed E-state index contributed by atoms with van der Waals surface area (Å²) in [5, 5.41) is 26.0. The maximum atomic E-state index is 12.2. The van der Waals surface area contributed by atoms with Gasteiger partial charge in [-0.3, -0.25) is 4.79 Å². The number of amides is 2. The zero-order valence-corrected chi connectivity index (χ0v) is 41.2. The highest BCUT2D eigenvalue weighted by Gasteiger charge is 2.25. The molecule has 2 amide bonds. The van der Waals surface area contributed by atoms with Gasteiger partial charge in [0.2, 0.25) is 0 Å². The van der Waals surface area contributed by atoms with Crippen molar-refractivity contribution in [1.29, 1.82) is 0 Å². The molecule has 0 spiro atoms. The second-order valence-electron chi connectivity index (χ2n) is 19.7. The fraction of sp³-hybridized carbons (Fsp3) is 0.481. The fourth-order valence-corrected chi connectivity index (χ4v) is 7.19. The van der Waals surface area contributed by atoms with Crippen LogP contribution < -0.4 is 20.6 Å². The van der Waals surface area contributed by atoms with E-state index in [1.54, 1.807) is 60.3 Å². The van der Waals surface area contributed by atoms with E-state index >= 15 is 0 Å². The van der Waals surface area contributed by atoms with Gasteiger partial charge in [-0.05, 0) is 141 Å². The Kier molecular flexibility index (Phi) is 22.5. The Morgan fingerprint density at radius 1 is 0.554 bits per heavy atom. The molecule has 0 aliphatic carbocycles. The molecule has 356 valence electrons. The van der Waals surface area contributed by atoms with E-state index in [0.717, 1.165) is 33.4 Å². The molecule has 2 unspecified atom stereocenters. The molecule has 11 heteroatoms. The SMILES string of the molecule is CC[NH+](CC)C(C)(C)C.C[C@H](CC(Cc1ccc(-c2ccccc2)cc1)NC(=O)OC(C)(C)C)C(=O)O.C[C@H](CC(Cc1ccc(-c2ccccc2)cc1)NC(=O)OC(C)(C)C)C(=O)[O-]. The molecule has 65 heavy (non-hydrogen) atoms. The monoisotopic (exact) mass is 896 g/mol. The molecule has 4 aromatic rings. The maximum absolute atomic E-state index is 12.2. The van der Waals surface area contributed by atoms with Gasteiger partial charge in [0.15, 0.2) is 0 Å². The van der Waals surface area contributed by atoms with Crippen LogP contribution in [0.5, 0.6) is 0 Å². The van der Waals surface area contributed by atoms with Gasteiger partial charge in [-0.15, -0.1) is 0 Å². The van der Waals surface area contributed by atoms with Gasteiger partial charge in [0.05, 0.1) is 24.5 Å². The van der Waals surface area contributed by atoms with Gasteiger partial charge in [0.25, 0.3) is 0 Å². The van der Waals surface area contributed by atoms with Crippen LogP contribution in [0.4, 0.5) is 9.59 Å². The molecule has 0 saturated carbocycles. The quantitative estimate of drug-likeness (QED) is 0.0867. The number of hydrogen-bond donors (Lipinski definition) is 4. The summed E-state index contributed by atoms with van der Waals surface area (Å²) in [6.45, 7) is 27.8. The molecule has 0 aliphatic heterocycles. The summed E-state index contributed by atoms with van der Waals surface area (Å²) in [4.78, 5) is 48.4. The zero-order chi connectivity index (χ0) is 49.0. The van der Waals surface area contributed by atoms with Crippen molar-refractivity contribution in [3.05, 3.63) is 120 Å². The Bertz CT molecular complexity index is 1880. The number of nitrogens with one attached hydrogen (secondary N) is 3. The van der Waals surface area contributed by atoms with Crippen LogP contribution in [0, 0.1) is 11.8 Å². The first kappa shape index (κ1) is 55.5.